The molecular weight excluding hydrogens is 266 g/mol. The predicted molar refractivity (Wildman–Crippen MR) is 80.8 cm³/mol. The van der Waals surface area contributed by atoms with E-state index in [0.29, 0.717) is 6.42 Å². The number of hydrogen-bond acceptors (Lipinski definition) is 2. The van der Waals surface area contributed by atoms with Crippen LogP contribution in [0.4, 0.5) is 0 Å². The van der Waals surface area contributed by atoms with E-state index >= 15 is 0 Å². The number of carbonyl (C=O) groups is 2. The molecule has 4 heteroatoms. The largest absolute Gasteiger partial charge is 0.481 e. The van der Waals surface area contributed by atoms with Gasteiger partial charge in [-0.25, -0.2) is 0 Å². The summed E-state index contributed by atoms with van der Waals surface area (Å²) >= 11 is 0. The van der Waals surface area contributed by atoms with E-state index < -0.39 is 12.0 Å². The molecule has 0 bridgehead atoms. The zero-order valence-corrected chi connectivity index (χ0v) is 12.2. The molecule has 2 N–H and O–H groups in total. The first-order chi connectivity index (χ1) is 10.1. The molecular formula is C17H21NO3. The minimum atomic E-state index is -0.913. The molecule has 1 aliphatic carbocycles. The zero-order valence-electron chi connectivity index (χ0n) is 12.2. The van der Waals surface area contributed by atoms with E-state index in [1.165, 1.54) is 0 Å². The highest BCUT2D eigenvalue weighted by Gasteiger charge is 2.21. The van der Waals surface area contributed by atoms with Crippen LogP contribution in [0.1, 0.15) is 42.9 Å². The minimum absolute atomic E-state index is 0.0824. The van der Waals surface area contributed by atoms with Crippen molar-refractivity contribution in [2.45, 2.75) is 38.6 Å². The highest BCUT2D eigenvalue weighted by Crippen LogP contribution is 2.23. The summed E-state index contributed by atoms with van der Waals surface area (Å²) in [7, 11) is 0. The Labute approximate surface area is 124 Å². The summed E-state index contributed by atoms with van der Waals surface area (Å²) in [5.41, 5.74) is 1.86. The lowest BCUT2D eigenvalue weighted by atomic mass is 9.98. The van der Waals surface area contributed by atoms with E-state index in [1.54, 1.807) is 0 Å². The second kappa shape index (κ2) is 7.07. The quantitative estimate of drug-likeness (QED) is 0.790. The Bertz CT molecular complexity index is 551. The molecule has 0 spiro atoms. The molecule has 21 heavy (non-hydrogen) atoms. The maximum absolute atomic E-state index is 12.1. The number of carboxylic acids is 1. The molecule has 1 aromatic rings. The van der Waals surface area contributed by atoms with Crippen LogP contribution in [0.3, 0.4) is 0 Å². The van der Waals surface area contributed by atoms with E-state index in [4.69, 9.17) is 5.11 Å². The predicted octanol–water partition coefficient (Wildman–Crippen LogP) is 2.98. The minimum Gasteiger partial charge on any atom is -0.481 e. The van der Waals surface area contributed by atoms with Crippen molar-refractivity contribution in [1.82, 2.24) is 5.32 Å². The third kappa shape index (κ3) is 4.45. The number of carbonyl (C=O) groups excluding carboxylic acids is 1. The van der Waals surface area contributed by atoms with E-state index in [0.717, 1.165) is 24.0 Å². The lowest BCUT2D eigenvalue weighted by Crippen LogP contribution is -2.31. The lowest BCUT2D eigenvalue weighted by molar-refractivity contribution is -0.137. The molecule has 2 atom stereocenters. The van der Waals surface area contributed by atoms with Gasteiger partial charge in [-0.1, -0.05) is 36.4 Å². The summed E-state index contributed by atoms with van der Waals surface area (Å²) in [6.45, 7) is 1.93. The molecule has 0 radical (unpaired) electrons. The fourth-order valence-electron chi connectivity index (χ4n) is 2.75. The van der Waals surface area contributed by atoms with Crippen LogP contribution < -0.4 is 5.32 Å². The lowest BCUT2D eigenvalue weighted by Gasteiger charge is -2.20. The number of rotatable bonds is 6. The van der Waals surface area contributed by atoms with Crippen LogP contribution in [0, 0.1) is 12.8 Å². The molecule has 1 aliphatic rings. The van der Waals surface area contributed by atoms with Crippen LogP contribution in [0.15, 0.2) is 36.4 Å². The standard InChI is InChI=1S/C17H21NO3/c1-12-6-2-5-9-14(12)15(11-17(20)21)18-16(19)10-13-7-3-4-8-13/h2-3,5-7,9,13,15H,4,8,10-11H2,1H3,(H,18,19)(H,20,21)/t13-,15-/m1/s1. The van der Waals surface area contributed by atoms with Crippen molar-refractivity contribution in [2.24, 2.45) is 5.92 Å². The number of aliphatic carboxylic acids is 1. The van der Waals surface area contributed by atoms with Crippen molar-refractivity contribution in [1.29, 1.82) is 0 Å². The van der Waals surface area contributed by atoms with Gasteiger partial charge < -0.3 is 10.4 Å². The number of benzene rings is 1. The van der Waals surface area contributed by atoms with Crippen LogP contribution in [0.2, 0.25) is 0 Å². The van der Waals surface area contributed by atoms with Gasteiger partial charge in [0.25, 0.3) is 0 Å². The van der Waals surface area contributed by atoms with Gasteiger partial charge in [0.1, 0.15) is 0 Å². The molecule has 1 aromatic carbocycles. The molecule has 0 aliphatic heterocycles. The number of aryl methyl sites for hydroxylation is 1. The van der Waals surface area contributed by atoms with Gasteiger partial charge in [-0.3, -0.25) is 9.59 Å². The van der Waals surface area contributed by atoms with Crippen LogP contribution in [-0.2, 0) is 9.59 Å². The monoisotopic (exact) mass is 287 g/mol. The maximum Gasteiger partial charge on any atom is 0.305 e. The first-order valence-electron chi connectivity index (χ1n) is 7.29. The van der Waals surface area contributed by atoms with Crippen molar-refractivity contribution < 1.29 is 14.7 Å². The van der Waals surface area contributed by atoms with E-state index in [9.17, 15) is 9.59 Å². The first kappa shape index (κ1) is 15.3. The number of allylic oxidation sites excluding steroid dienone is 2. The first-order valence-corrected chi connectivity index (χ1v) is 7.29. The van der Waals surface area contributed by atoms with E-state index in [-0.39, 0.29) is 18.2 Å². The average molecular weight is 287 g/mol. The van der Waals surface area contributed by atoms with Gasteiger partial charge >= 0.3 is 5.97 Å². The third-order valence-corrected chi connectivity index (χ3v) is 3.84. The fourth-order valence-corrected chi connectivity index (χ4v) is 2.75. The Balaban J connectivity index is 2.05. The average Bonchev–Trinajstić information content (AvgIpc) is 2.90. The second-order valence-electron chi connectivity index (χ2n) is 5.54. The Kier molecular flexibility index (Phi) is 5.14. The summed E-state index contributed by atoms with van der Waals surface area (Å²) in [6, 6.07) is 7.10. The molecule has 0 saturated heterocycles. The molecule has 0 saturated carbocycles. The maximum atomic E-state index is 12.1. The SMILES string of the molecule is Cc1ccccc1[C@@H](CC(=O)O)NC(=O)C[C@@H]1C=CCC1. The fraction of sp³-hybridized carbons (Fsp3) is 0.412. The molecule has 0 fully saturated rings. The third-order valence-electron chi connectivity index (χ3n) is 3.84. The van der Waals surface area contributed by atoms with Gasteiger partial charge in [-0.05, 0) is 36.8 Å². The van der Waals surface area contributed by atoms with Crippen molar-refractivity contribution >= 4 is 11.9 Å². The Morgan fingerprint density at radius 2 is 2.14 bits per heavy atom. The summed E-state index contributed by atoms with van der Waals surface area (Å²) < 4.78 is 0. The Morgan fingerprint density at radius 3 is 2.76 bits per heavy atom. The topological polar surface area (TPSA) is 66.4 Å². The number of nitrogens with one attached hydrogen (secondary N) is 1. The highest BCUT2D eigenvalue weighted by atomic mass is 16.4. The van der Waals surface area contributed by atoms with Crippen molar-refractivity contribution in [2.75, 3.05) is 0 Å². The summed E-state index contributed by atoms with van der Waals surface area (Å²) in [6.07, 6.45) is 6.51. The van der Waals surface area contributed by atoms with Crippen LogP contribution in [0.5, 0.6) is 0 Å². The zero-order chi connectivity index (χ0) is 15.2. The van der Waals surface area contributed by atoms with Gasteiger partial charge in [0.15, 0.2) is 0 Å². The van der Waals surface area contributed by atoms with E-state index in [2.05, 4.69) is 17.5 Å². The van der Waals surface area contributed by atoms with Crippen LogP contribution in [0.25, 0.3) is 0 Å². The van der Waals surface area contributed by atoms with Crippen molar-refractivity contribution in [3.05, 3.63) is 47.5 Å². The van der Waals surface area contributed by atoms with E-state index in [1.807, 2.05) is 31.2 Å². The van der Waals surface area contributed by atoms with Crippen molar-refractivity contribution in [3.8, 4) is 0 Å². The van der Waals surface area contributed by atoms with Gasteiger partial charge in [0, 0.05) is 6.42 Å². The number of hydrogen-bond donors (Lipinski definition) is 2. The molecule has 0 unspecified atom stereocenters. The molecule has 4 nitrogen and oxygen atoms in total. The molecule has 0 heterocycles. The molecule has 0 aromatic heterocycles. The number of amides is 1. The summed E-state index contributed by atoms with van der Waals surface area (Å²) in [5.74, 6) is -0.710. The molecule has 112 valence electrons. The van der Waals surface area contributed by atoms with Gasteiger partial charge in [-0.15, -0.1) is 0 Å². The summed E-state index contributed by atoms with van der Waals surface area (Å²) in [4.78, 5) is 23.2. The summed E-state index contributed by atoms with van der Waals surface area (Å²) in [5, 5.41) is 11.9. The normalized spacial score (nSPS) is 18.4. The Hall–Kier alpha value is -2.10. The van der Waals surface area contributed by atoms with Crippen molar-refractivity contribution in [3.63, 3.8) is 0 Å². The highest BCUT2D eigenvalue weighted by molar-refractivity contribution is 5.78. The van der Waals surface area contributed by atoms with Gasteiger partial charge in [0.2, 0.25) is 5.91 Å². The molecule has 1 amide bonds. The van der Waals surface area contributed by atoms with Crippen LogP contribution in [-0.4, -0.2) is 17.0 Å². The second-order valence-corrected chi connectivity index (χ2v) is 5.54. The number of carboxylic acid groups (broad SMARTS) is 1. The molecule has 2 rings (SSSR count). The van der Waals surface area contributed by atoms with Gasteiger partial charge in [-0.2, -0.15) is 0 Å². The van der Waals surface area contributed by atoms with Gasteiger partial charge in [0.05, 0.1) is 12.5 Å². The smallest absolute Gasteiger partial charge is 0.305 e. The Morgan fingerprint density at radius 1 is 1.38 bits per heavy atom. The van der Waals surface area contributed by atoms with Crippen LogP contribution >= 0.6 is 0 Å².